The van der Waals surface area contributed by atoms with E-state index in [1.807, 2.05) is 6.07 Å². The number of hydrogen-bond donors (Lipinski definition) is 1. The summed E-state index contributed by atoms with van der Waals surface area (Å²) >= 11 is 6.46. The lowest BCUT2D eigenvalue weighted by molar-refractivity contribution is -0.132. The number of rotatable bonds is 15. The van der Waals surface area contributed by atoms with Crippen molar-refractivity contribution in [2.45, 2.75) is 75.1 Å². The summed E-state index contributed by atoms with van der Waals surface area (Å²) in [6.07, 6.45) is 11.7. The van der Waals surface area contributed by atoms with E-state index in [0.29, 0.717) is 48.0 Å². The minimum absolute atomic E-state index is 0.0121. The summed E-state index contributed by atoms with van der Waals surface area (Å²) in [5.74, 6) is -0.318. The molecule has 58 heavy (non-hydrogen) atoms. The number of benzene rings is 2. The molecule has 318 valence electrons. The Morgan fingerprint density at radius 1 is 1.10 bits per heavy atom. The maximum atomic E-state index is 14.0. The standard InChI is InChI=1S/C42H58ClN5O8S2/c1-6-8-12-37(55-5)34-17-14-32(34)27-47-28-42(20-10-11-30-25-33(43)16-18-35(30)42)29-56-38-19-15-31(26-36(38)47)40(49)44-57(51,52)39(13-9-7-2)41(50)46-21-23-48(24-22-46)58(53,54)45(3)4/h7-8,12,15-16,18-19,25-26,32,34,37,39H,2,6,9-11,13-14,17,20-24,27-29H2,1,3-5H3,(H,44,49)/b12-8+/t32-,34+,37?,39?,42-/m0/s1. The van der Waals surface area contributed by atoms with Crippen molar-refractivity contribution in [1.82, 2.24) is 18.2 Å². The average Bonchev–Trinajstić information content (AvgIpc) is 3.34. The zero-order chi connectivity index (χ0) is 41.8. The second kappa shape index (κ2) is 18.4. The van der Waals surface area contributed by atoms with Crippen LogP contribution in [0.4, 0.5) is 5.69 Å². The summed E-state index contributed by atoms with van der Waals surface area (Å²) in [6, 6.07) is 11.1. The van der Waals surface area contributed by atoms with Gasteiger partial charge in [-0.05, 0) is 105 Å². The van der Waals surface area contributed by atoms with Gasteiger partial charge in [-0.15, -0.1) is 6.58 Å². The van der Waals surface area contributed by atoms with Crippen LogP contribution < -0.4 is 14.4 Å². The molecule has 0 aromatic heterocycles. The molecular formula is C42H58ClN5O8S2. The van der Waals surface area contributed by atoms with E-state index in [0.717, 1.165) is 42.8 Å². The molecule has 2 aromatic rings. The molecule has 0 radical (unpaired) electrons. The molecule has 2 amide bonds. The van der Waals surface area contributed by atoms with Gasteiger partial charge < -0.3 is 19.3 Å². The normalized spacial score (nSPS) is 23.7. The van der Waals surface area contributed by atoms with Crippen LogP contribution in [0.1, 0.15) is 73.4 Å². The summed E-state index contributed by atoms with van der Waals surface area (Å²) in [5.41, 5.74) is 2.91. The molecule has 0 bridgehead atoms. The van der Waals surface area contributed by atoms with E-state index >= 15 is 0 Å². The fourth-order valence-corrected chi connectivity index (χ4v) is 11.6. The predicted molar refractivity (Wildman–Crippen MR) is 227 cm³/mol. The van der Waals surface area contributed by atoms with E-state index < -0.39 is 37.3 Å². The number of methoxy groups -OCH3 is 1. The number of fused-ring (bicyclic) bond motifs is 3. The smallest absolute Gasteiger partial charge is 0.281 e. The van der Waals surface area contributed by atoms with Crippen molar-refractivity contribution in [3.8, 4) is 5.75 Å². The lowest BCUT2D eigenvalue weighted by Gasteiger charge is -2.46. The van der Waals surface area contributed by atoms with Crippen LogP contribution in [0.2, 0.25) is 5.02 Å². The Morgan fingerprint density at radius 2 is 1.86 bits per heavy atom. The van der Waals surface area contributed by atoms with Gasteiger partial charge in [-0.25, -0.2) is 13.1 Å². The van der Waals surface area contributed by atoms with Gasteiger partial charge in [0.1, 0.15) is 5.75 Å². The Labute approximate surface area is 349 Å². The molecule has 16 heteroatoms. The van der Waals surface area contributed by atoms with Crippen LogP contribution in [0.5, 0.6) is 5.75 Å². The molecule has 2 unspecified atom stereocenters. The number of anilines is 1. The molecule has 2 aliphatic heterocycles. The predicted octanol–water partition coefficient (Wildman–Crippen LogP) is 5.17. The van der Waals surface area contributed by atoms with Crippen LogP contribution in [-0.2, 0) is 41.6 Å². The van der Waals surface area contributed by atoms with E-state index in [4.69, 9.17) is 21.1 Å². The Morgan fingerprint density at radius 3 is 2.52 bits per heavy atom. The second-order valence-electron chi connectivity index (χ2n) is 16.2. The Hall–Kier alpha value is -3.47. The van der Waals surface area contributed by atoms with E-state index in [9.17, 15) is 26.4 Å². The number of aryl methyl sites for hydroxylation is 1. The van der Waals surface area contributed by atoms with Crippen molar-refractivity contribution in [2.24, 2.45) is 11.8 Å². The van der Waals surface area contributed by atoms with Crippen molar-refractivity contribution in [2.75, 3.05) is 72.0 Å². The Kier molecular flexibility index (Phi) is 14.0. The first kappa shape index (κ1) is 44.1. The SMILES string of the molecule is C=CCCC(C(=O)N1CCN(S(=O)(=O)N(C)C)CC1)S(=O)(=O)NC(=O)c1ccc2c(c1)N(C[C@@H]1CC[C@H]1C(/C=C/CC)OC)C[C@@]1(CCCc3cc(Cl)ccc31)CO2. The number of amides is 2. The van der Waals surface area contributed by atoms with Gasteiger partial charge in [-0.2, -0.15) is 17.0 Å². The highest BCUT2D eigenvalue weighted by molar-refractivity contribution is 7.91. The molecule has 1 N–H and O–H groups in total. The quantitative estimate of drug-likeness (QED) is 0.240. The zero-order valence-electron chi connectivity index (χ0n) is 34.1. The molecule has 2 fully saturated rings. The molecule has 1 saturated carbocycles. The zero-order valence-corrected chi connectivity index (χ0v) is 36.5. The topological polar surface area (TPSA) is 146 Å². The van der Waals surface area contributed by atoms with Crippen LogP contribution in [0.25, 0.3) is 0 Å². The first-order valence-electron chi connectivity index (χ1n) is 20.3. The molecule has 2 heterocycles. The monoisotopic (exact) mass is 859 g/mol. The molecule has 5 atom stereocenters. The second-order valence-corrected chi connectivity index (χ2v) is 20.6. The highest BCUT2D eigenvalue weighted by atomic mass is 35.5. The van der Waals surface area contributed by atoms with Gasteiger partial charge in [0, 0.05) is 76.5 Å². The summed E-state index contributed by atoms with van der Waals surface area (Å²) in [6.45, 7) is 7.62. The number of halogens is 1. The average molecular weight is 861 g/mol. The fourth-order valence-electron chi connectivity index (χ4n) is 8.97. The number of hydrogen-bond acceptors (Lipinski definition) is 9. The van der Waals surface area contributed by atoms with Crippen molar-refractivity contribution >= 4 is 49.3 Å². The molecule has 13 nitrogen and oxygen atoms in total. The van der Waals surface area contributed by atoms with Crippen LogP contribution in [0, 0.1) is 11.8 Å². The summed E-state index contributed by atoms with van der Waals surface area (Å²) < 4.78 is 70.4. The van der Waals surface area contributed by atoms with Crippen molar-refractivity contribution < 1.29 is 35.9 Å². The van der Waals surface area contributed by atoms with Crippen molar-refractivity contribution in [3.05, 3.63) is 82.9 Å². The molecule has 2 aliphatic carbocycles. The number of piperazine rings is 1. The van der Waals surface area contributed by atoms with Gasteiger partial charge in [0.05, 0.1) is 18.4 Å². The third-order valence-corrected chi connectivity index (χ3v) is 16.2. The molecule has 6 rings (SSSR count). The maximum absolute atomic E-state index is 14.0. The molecule has 1 saturated heterocycles. The van der Waals surface area contributed by atoms with Gasteiger partial charge >= 0.3 is 0 Å². The van der Waals surface area contributed by atoms with E-state index in [2.05, 4.69) is 47.4 Å². The third-order valence-electron chi connectivity index (χ3n) is 12.3. The first-order valence-corrected chi connectivity index (χ1v) is 23.6. The minimum Gasteiger partial charge on any atom is -0.490 e. The summed E-state index contributed by atoms with van der Waals surface area (Å²) in [4.78, 5) is 31.5. The van der Waals surface area contributed by atoms with Crippen LogP contribution in [-0.4, -0.2) is 121 Å². The number of sulfonamides is 1. The number of nitrogens with zero attached hydrogens (tertiary/aromatic N) is 4. The highest BCUT2D eigenvalue weighted by Gasteiger charge is 2.45. The Bertz CT molecular complexity index is 2090. The van der Waals surface area contributed by atoms with Crippen LogP contribution in [0.15, 0.2) is 61.2 Å². The largest absolute Gasteiger partial charge is 0.490 e. The third kappa shape index (κ3) is 9.29. The summed E-state index contributed by atoms with van der Waals surface area (Å²) in [5, 5.41) is -0.886. The van der Waals surface area contributed by atoms with E-state index in [1.165, 1.54) is 40.5 Å². The fraction of sp³-hybridized carbons (Fsp3) is 0.571. The maximum Gasteiger partial charge on any atom is 0.281 e. The van der Waals surface area contributed by atoms with Gasteiger partial charge in [-0.1, -0.05) is 42.8 Å². The van der Waals surface area contributed by atoms with Gasteiger partial charge in [0.15, 0.2) is 5.25 Å². The number of carbonyl (C=O) groups is 2. The van der Waals surface area contributed by atoms with Crippen LogP contribution >= 0.6 is 11.6 Å². The molecule has 2 aromatic carbocycles. The lowest BCUT2D eigenvalue weighted by Crippen LogP contribution is -2.56. The van der Waals surface area contributed by atoms with Gasteiger partial charge in [-0.3, -0.25) is 9.59 Å². The first-order chi connectivity index (χ1) is 27.6. The van der Waals surface area contributed by atoms with Gasteiger partial charge in [0.25, 0.3) is 16.1 Å². The number of ether oxygens (including phenoxy) is 2. The lowest BCUT2D eigenvalue weighted by atomic mass is 9.68. The van der Waals surface area contributed by atoms with E-state index in [-0.39, 0.29) is 56.1 Å². The number of allylic oxidation sites excluding steroid dienone is 2. The number of nitrogens with one attached hydrogen (secondary N) is 1. The number of carbonyl (C=O) groups excluding carboxylic acids is 2. The molecule has 4 aliphatic rings. The van der Waals surface area contributed by atoms with Gasteiger partial charge in [0.2, 0.25) is 15.9 Å². The van der Waals surface area contributed by atoms with E-state index in [1.54, 1.807) is 25.3 Å². The van der Waals surface area contributed by atoms with Crippen molar-refractivity contribution in [3.63, 3.8) is 0 Å². The minimum atomic E-state index is -4.54. The van der Waals surface area contributed by atoms with Crippen molar-refractivity contribution in [1.29, 1.82) is 0 Å². The van der Waals surface area contributed by atoms with Crippen LogP contribution in [0.3, 0.4) is 0 Å². The molecular weight excluding hydrogens is 802 g/mol. The molecule has 1 spiro atoms. The summed E-state index contributed by atoms with van der Waals surface area (Å²) in [7, 11) is -3.63. The Balaban J connectivity index is 1.27. The highest BCUT2D eigenvalue weighted by Crippen LogP contribution is 2.47.